The van der Waals surface area contributed by atoms with Crippen LogP contribution in [0.15, 0.2) is 30.3 Å². The van der Waals surface area contributed by atoms with E-state index in [2.05, 4.69) is 0 Å². The molecule has 3 atom stereocenters. The van der Waals surface area contributed by atoms with Crippen LogP contribution in [0.3, 0.4) is 0 Å². The molecule has 1 N–H and O–H groups in total. The molecule has 5 heteroatoms. The van der Waals surface area contributed by atoms with E-state index in [4.69, 9.17) is 4.74 Å². The van der Waals surface area contributed by atoms with E-state index in [0.717, 1.165) is 5.56 Å². The Bertz CT molecular complexity index is 462. The second-order valence-corrected chi connectivity index (χ2v) is 5.58. The molecule has 0 saturated carbocycles. The van der Waals surface area contributed by atoms with Crippen molar-refractivity contribution in [2.75, 3.05) is 12.4 Å². The zero-order valence-corrected chi connectivity index (χ0v) is 11.4. The number of ether oxygens (including phenoxy) is 1. The van der Waals surface area contributed by atoms with Crippen molar-refractivity contribution in [1.29, 1.82) is 0 Å². The minimum absolute atomic E-state index is 0.175. The molecule has 0 aliphatic carbocycles. The van der Waals surface area contributed by atoms with Crippen LogP contribution in [-0.4, -0.2) is 35.3 Å². The molecular formula is C14H16O4S. The predicted molar refractivity (Wildman–Crippen MR) is 72.8 cm³/mol. The van der Waals surface area contributed by atoms with Gasteiger partial charge in [-0.1, -0.05) is 30.3 Å². The van der Waals surface area contributed by atoms with Gasteiger partial charge in [0.2, 0.25) is 0 Å². The van der Waals surface area contributed by atoms with Crippen LogP contribution in [0.1, 0.15) is 17.7 Å². The summed E-state index contributed by atoms with van der Waals surface area (Å²) in [5, 5.41) is 10.2. The predicted octanol–water partition coefficient (Wildman–Crippen LogP) is 1.58. The summed E-state index contributed by atoms with van der Waals surface area (Å²) in [5.74, 6) is -1.31. The monoisotopic (exact) mass is 280 g/mol. The number of hydrogen-bond donors (Lipinski definition) is 1. The molecule has 1 saturated heterocycles. The van der Waals surface area contributed by atoms with Gasteiger partial charge in [0.1, 0.15) is 6.29 Å². The summed E-state index contributed by atoms with van der Waals surface area (Å²) in [6, 6.07) is 9.42. The third kappa shape index (κ3) is 2.53. The maximum atomic E-state index is 11.9. The molecule has 102 valence electrons. The van der Waals surface area contributed by atoms with Crippen molar-refractivity contribution < 1.29 is 19.4 Å². The number of esters is 1. The molecule has 0 amide bonds. The molecular weight excluding hydrogens is 264 g/mol. The van der Waals surface area contributed by atoms with E-state index in [1.54, 1.807) is 6.92 Å². The lowest BCUT2D eigenvalue weighted by molar-refractivity contribution is -0.168. The van der Waals surface area contributed by atoms with Gasteiger partial charge in [0.05, 0.1) is 12.5 Å². The highest BCUT2D eigenvalue weighted by Crippen LogP contribution is 2.49. The zero-order chi connectivity index (χ0) is 13.9. The summed E-state index contributed by atoms with van der Waals surface area (Å²) in [5.41, 5.74) is -0.784. The molecule has 1 aromatic carbocycles. The van der Waals surface area contributed by atoms with Crippen molar-refractivity contribution in [1.82, 2.24) is 0 Å². The zero-order valence-electron chi connectivity index (χ0n) is 10.6. The van der Waals surface area contributed by atoms with Crippen molar-refractivity contribution in [2.24, 2.45) is 5.92 Å². The van der Waals surface area contributed by atoms with Crippen molar-refractivity contribution >= 4 is 24.0 Å². The Morgan fingerprint density at radius 2 is 2.21 bits per heavy atom. The number of hydrogen-bond acceptors (Lipinski definition) is 5. The van der Waals surface area contributed by atoms with E-state index >= 15 is 0 Å². The molecule has 19 heavy (non-hydrogen) atoms. The molecule has 1 aliphatic heterocycles. The fraction of sp³-hybridized carbons (Fsp3) is 0.429. The molecule has 1 aromatic rings. The van der Waals surface area contributed by atoms with Gasteiger partial charge in [-0.2, -0.15) is 0 Å². The van der Waals surface area contributed by atoms with Crippen LogP contribution in [0.5, 0.6) is 0 Å². The average Bonchev–Trinajstić information content (AvgIpc) is 2.78. The first-order valence-electron chi connectivity index (χ1n) is 6.15. The number of rotatable bonds is 4. The van der Waals surface area contributed by atoms with Crippen LogP contribution in [0.25, 0.3) is 0 Å². The van der Waals surface area contributed by atoms with E-state index < -0.39 is 17.5 Å². The lowest BCUT2D eigenvalue weighted by atomic mass is 9.85. The van der Waals surface area contributed by atoms with E-state index in [1.165, 1.54) is 11.8 Å². The third-order valence-corrected chi connectivity index (χ3v) is 4.80. The Labute approximate surface area is 116 Å². The normalized spacial score (nSPS) is 30.0. The van der Waals surface area contributed by atoms with Crippen LogP contribution in [0, 0.1) is 5.92 Å². The third-order valence-electron chi connectivity index (χ3n) is 3.26. The fourth-order valence-corrected chi connectivity index (χ4v) is 3.84. The number of aldehydes is 1. The van der Waals surface area contributed by atoms with E-state index in [0.29, 0.717) is 6.29 Å². The molecule has 0 bridgehead atoms. The topological polar surface area (TPSA) is 63.6 Å². The lowest BCUT2D eigenvalue weighted by Crippen LogP contribution is -2.47. The summed E-state index contributed by atoms with van der Waals surface area (Å²) < 4.78 is 4.88. The standard InChI is InChI=1S/C14H16O4S/c1-2-18-13(16)14(17)9-19-12(11(14)8-15)10-6-4-3-5-7-10/h3-8,11-12,17H,2,9H2,1H3/t11-,12-,14+/m1/s1. The number of benzene rings is 1. The minimum atomic E-state index is -1.72. The SMILES string of the molecule is CCOC(=O)[C@]1(O)CS[C@H](c2ccccc2)[C@H]1C=O. The van der Waals surface area contributed by atoms with Crippen molar-refractivity contribution in [3.05, 3.63) is 35.9 Å². The molecule has 0 spiro atoms. The summed E-state index contributed by atoms with van der Waals surface area (Å²) in [6.07, 6.45) is 0.661. The summed E-state index contributed by atoms with van der Waals surface area (Å²) >= 11 is 1.41. The van der Waals surface area contributed by atoms with Crippen LogP contribution in [-0.2, 0) is 14.3 Å². The first-order chi connectivity index (χ1) is 9.13. The fourth-order valence-electron chi connectivity index (χ4n) is 2.25. The first-order valence-corrected chi connectivity index (χ1v) is 7.19. The Hall–Kier alpha value is -1.33. The molecule has 0 unspecified atom stereocenters. The first kappa shape index (κ1) is 14.1. The Morgan fingerprint density at radius 3 is 2.79 bits per heavy atom. The maximum Gasteiger partial charge on any atom is 0.339 e. The van der Waals surface area contributed by atoms with E-state index in [-0.39, 0.29) is 17.6 Å². The van der Waals surface area contributed by atoms with E-state index in [1.807, 2.05) is 30.3 Å². The lowest BCUT2D eigenvalue weighted by Gasteiger charge is -2.25. The molecule has 4 nitrogen and oxygen atoms in total. The number of carbonyl (C=O) groups excluding carboxylic acids is 2. The van der Waals surface area contributed by atoms with Crippen LogP contribution < -0.4 is 0 Å². The Kier molecular flexibility index (Phi) is 4.27. The van der Waals surface area contributed by atoms with Gasteiger partial charge in [-0.25, -0.2) is 4.79 Å². The van der Waals surface area contributed by atoms with Gasteiger partial charge in [0.25, 0.3) is 0 Å². The van der Waals surface area contributed by atoms with Crippen molar-refractivity contribution in [2.45, 2.75) is 17.8 Å². The van der Waals surface area contributed by atoms with Gasteiger partial charge in [-0.15, -0.1) is 11.8 Å². The van der Waals surface area contributed by atoms with Crippen LogP contribution in [0.2, 0.25) is 0 Å². The molecule has 2 rings (SSSR count). The van der Waals surface area contributed by atoms with Gasteiger partial charge in [0, 0.05) is 11.0 Å². The molecule has 1 aliphatic rings. The highest BCUT2D eigenvalue weighted by atomic mass is 32.2. The van der Waals surface area contributed by atoms with Crippen molar-refractivity contribution in [3.63, 3.8) is 0 Å². The number of carbonyl (C=O) groups is 2. The Morgan fingerprint density at radius 1 is 1.53 bits per heavy atom. The molecule has 1 fully saturated rings. The van der Waals surface area contributed by atoms with Crippen LogP contribution in [0.4, 0.5) is 0 Å². The molecule has 1 heterocycles. The highest BCUT2D eigenvalue weighted by Gasteiger charge is 2.54. The highest BCUT2D eigenvalue weighted by molar-refractivity contribution is 8.00. The average molecular weight is 280 g/mol. The maximum absolute atomic E-state index is 11.9. The van der Waals surface area contributed by atoms with Gasteiger partial charge in [-0.3, -0.25) is 0 Å². The largest absolute Gasteiger partial charge is 0.464 e. The summed E-state index contributed by atoms with van der Waals surface area (Å²) in [4.78, 5) is 23.2. The Balaban J connectivity index is 2.27. The molecule has 0 aromatic heterocycles. The number of thioether (sulfide) groups is 1. The smallest absolute Gasteiger partial charge is 0.339 e. The van der Waals surface area contributed by atoms with Crippen LogP contribution >= 0.6 is 11.8 Å². The summed E-state index contributed by atoms with van der Waals surface area (Å²) in [6.45, 7) is 1.86. The number of aliphatic hydroxyl groups is 1. The minimum Gasteiger partial charge on any atom is -0.464 e. The van der Waals surface area contributed by atoms with Gasteiger partial charge >= 0.3 is 5.97 Å². The second-order valence-electron chi connectivity index (χ2n) is 4.45. The van der Waals surface area contributed by atoms with Gasteiger partial charge in [0.15, 0.2) is 5.60 Å². The second kappa shape index (κ2) is 5.75. The summed E-state index contributed by atoms with van der Waals surface area (Å²) in [7, 11) is 0. The molecule has 0 radical (unpaired) electrons. The van der Waals surface area contributed by atoms with E-state index in [9.17, 15) is 14.7 Å². The van der Waals surface area contributed by atoms with Gasteiger partial charge < -0.3 is 14.6 Å². The quantitative estimate of drug-likeness (QED) is 0.670. The van der Waals surface area contributed by atoms with Crippen molar-refractivity contribution in [3.8, 4) is 0 Å². The van der Waals surface area contributed by atoms with Gasteiger partial charge in [-0.05, 0) is 12.5 Å².